The molecule has 1 rings (SSSR count). The van der Waals surface area contributed by atoms with Gasteiger partial charge in [-0.05, 0) is 45.7 Å². The lowest BCUT2D eigenvalue weighted by atomic mass is 9.96. The summed E-state index contributed by atoms with van der Waals surface area (Å²) in [5.41, 5.74) is -0.0373. The first-order valence-corrected chi connectivity index (χ1v) is 9.56. The van der Waals surface area contributed by atoms with E-state index in [0.717, 1.165) is 25.7 Å². The van der Waals surface area contributed by atoms with Crippen molar-refractivity contribution >= 4 is 11.6 Å². The molecule has 0 spiro atoms. The van der Waals surface area contributed by atoms with Crippen molar-refractivity contribution in [1.82, 2.24) is 0 Å². The lowest BCUT2D eigenvalue weighted by Gasteiger charge is -2.28. The predicted molar refractivity (Wildman–Crippen MR) is 104 cm³/mol. The quantitative estimate of drug-likeness (QED) is 0.561. The Morgan fingerprint density at radius 2 is 2.04 bits per heavy atom. The van der Waals surface area contributed by atoms with Crippen molar-refractivity contribution in [2.75, 3.05) is 11.9 Å². The molecule has 5 heteroatoms. The molecule has 0 aliphatic rings. The maximum absolute atomic E-state index is 12.8. The minimum absolute atomic E-state index is 0.0711. The van der Waals surface area contributed by atoms with E-state index in [-0.39, 0.29) is 12.0 Å². The van der Waals surface area contributed by atoms with Crippen LogP contribution in [0, 0.1) is 11.3 Å². The minimum atomic E-state index is -0.900. The number of unbranched alkanes of at least 4 members (excludes halogenated alkanes) is 2. The molecule has 0 heterocycles. The van der Waals surface area contributed by atoms with E-state index in [1.54, 1.807) is 18.2 Å². The van der Waals surface area contributed by atoms with Gasteiger partial charge in [-0.3, -0.25) is 4.79 Å². The number of carbonyl (C=O) groups is 1. The predicted octanol–water partition coefficient (Wildman–Crippen LogP) is 5.05. The zero-order valence-corrected chi connectivity index (χ0v) is 16.7. The summed E-state index contributed by atoms with van der Waals surface area (Å²) in [6.45, 7) is 10.3. The molecule has 0 saturated carbocycles. The average molecular weight is 360 g/mol. The maximum atomic E-state index is 12.8. The number of hydrogen-bond acceptors (Lipinski definition) is 4. The van der Waals surface area contributed by atoms with E-state index in [0.29, 0.717) is 30.0 Å². The van der Waals surface area contributed by atoms with Gasteiger partial charge in [0.25, 0.3) is 5.91 Å². The average Bonchev–Trinajstić information content (AvgIpc) is 2.63. The van der Waals surface area contributed by atoms with Gasteiger partial charge in [0.1, 0.15) is 17.4 Å². The van der Waals surface area contributed by atoms with Gasteiger partial charge >= 0.3 is 0 Å². The Labute approximate surface area is 157 Å². The van der Waals surface area contributed by atoms with Crippen molar-refractivity contribution in [3.8, 4) is 11.8 Å². The summed E-state index contributed by atoms with van der Waals surface area (Å²) in [4.78, 5) is 12.8. The Kier molecular flexibility index (Phi) is 9.15. The summed E-state index contributed by atoms with van der Waals surface area (Å²) < 4.78 is 11.5. The van der Waals surface area contributed by atoms with Crippen LogP contribution >= 0.6 is 0 Å². The molecular formula is C21H32N2O3. The van der Waals surface area contributed by atoms with Crippen LogP contribution in [-0.2, 0) is 9.53 Å². The van der Waals surface area contributed by atoms with E-state index in [1.165, 1.54) is 0 Å². The molecule has 0 unspecified atom stereocenters. The number of hydrogen-bond donors (Lipinski definition) is 1. The molecule has 2 atom stereocenters. The first-order valence-electron chi connectivity index (χ1n) is 9.56. The lowest BCUT2D eigenvalue weighted by Crippen LogP contribution is -2.43. The van der Waals surface area contributed by atoms with Crippen LogP contribution in [0.2, 0.25) is 0 Å². The van der Waals surface area contributed by atoms with Crippen molar-refractivity contribution in [2.24, 2.45) is 0 Å². The third-order valence-corrected chi connectivity index (χ3v) is 4.47. The van der Waals surface area contributed by atoms with Crippen LogP contribution in [0.4, 0.5) is 5.69 Å². The second-order valence-electron chi connectivity index (χ2n) is 6.73. The molecule has 0 bridgehead atoms. The molecule has 0 radical (unpaired) electrons. The lowest BCUT2D eigenvalue weighted by molar-refractivity contribution is -0.139. The smallest absolute Gasteiger partial charge is 0.256 e. The fraction of sp³-hybridized carbons (Fsp3) is 0.619. The van der Waals surface area contributed by atoms with Crippen molar-refractivity contribution in [1.29, 1.82) is 5.26 Å². The van der Waals surface area contributed by atoms with Gasteiger partial charge in [-0.15, -0.1) is 0 Å². The topological polar surface area (TPSA) is 71.3 Å². The summed E-state index contributed by atoms with van der Waals surface area (Å²) in [6, 6.07) is 7.29. The summed E-state index contributed by atoms with van der Waals surface area (Å²) in [5, 5.41) is 12.3. The number of ether oxygens (including phenoxy) is 2. The number of benzene rings is 1. The number of rotatable bonds is 11. The van der Waals surface area contributed by atoms with E-state index < -0.39 is 5.60 Å². The van der Waals surface area contributed by atoms with Gasteiger partial charge in [0, 0.05) is 12.7 Å². The summed E-state index contributed by atoms with van der Waals surface area (Å²) in [6.07, 6.45) is 4.67. The van der Waals surface area contributed by atoms with Gasteiger partial charge < -0.3 is 14.8 Å². The molecule has 1 amide bonds. The summed E-state index contributed by atoms with van der Waals surface area (Å²) in [7, 11) is 0. The van der Waals surface area contributed by atoms with Crippen LogP contribution in [0.5, 0.6) is 5.75 Å². The largest absolute Gasteiger partial charge is 0.491 e. The molecule has 1 aromatic rings. The Morgan fingerprint density at radius 1 is 1.31 bits per heavy atom. The van der Waals surface area contributed by atoms with Crippen molar-refractivity contribution in [3.05, 3.63) is 23.8 Å². The van der Waals surface area contributed by atoms with Crippen LogP contribution in [-0.4, -0.2) is 24.2 Å². The molecule has 5 nitrogen and oxygen atoms in total. The Hall–Kier alpha value is -2.06. The van der Waals surface area contributed by atoms with E-state index >= 15 is 0 Å². The van der Waals surface area contributed by atoms with Crippen LogP contribution in [0.3, 0.4) is 0 Å². The van der Waals surface area contributed by atoms with Crippen LogP contribution in [0.15, 0.2) is 18.2 Å². The summed E-state index contributed by atoms with van der Waals surface area (Å²) >= 11 is 0. The number of nitrogens with one attached hydrogen (secondary N) is 1. The minimum Gasteiger partial charge on any atom is -0.491 e. The highest BCUT2D eigenvalue weighted by molar-refractivity contribution is 5.98. The van der Waals surface area contributed by atoms with E-state index in [2.05, 4.69) is 18.3 Å². The number of amides is 1. The highest BCUT2D eigenvalue weighted by Crippen LogP contribution is 2.26. The van der Waals surface area contributed by atoms with Crippen molar-refractivity contribution < 1.29 is 14.3 Å². The Morgan fingerprint density at radius 3 is 2.62 bits per heavy atom. The Balaban J connectivity index is 2.93. The number of nitrogens with zero attached hydrogens (tertiary/aromatic N) is 1. The van der Waals surface area contributed by atoms with Crippen LogP contribution in [0.1, 0.15) is 72.3 Å². The molecule has 0 saturated heterocycles. The highest BCUT2D eigenvalue weighted by atomic mass is 16.5. The van der Waals surface area contributed by atoms with Crippen LogP contribution < -0.4 is 10.1 Å². The summed E-state index contributed by atoms with van der Waals surface area (Å²) in [5.74, 6) is 0.409. The highest BCUT2D eigenvalue weighted by Gasteiger charge is 2.33. The van der Waals surface area contributed by atoms with Gasteiger partial charge in [-0.2, -0.15) is 5.26 Å². The molecule has 0 fully saturated rings. The van der Waals surface area contributed by atoms with E-state index in [1.807, 2.05) is 27.7 Å². The molecule has 144 valence electrons. The second-order valence-corrected chi connectivity index (χ2v) is 6.73. The van der Waals surface area contributed by atoms with Gasteiger partial charge in [0.2, 0.25) is 0 Å². The Bertz CT molecular complexity index is 624. The van der Waals surface area contributed by atoms with Gasteiger partial charge in [-0.25, -0.2) is 0 Å². The number of anilines is 1. The first kappa shape index (κ1) is 22.0. The van der Waals surface area contributed by atoms with Gasteiger partial charge in [0.05, 0.1) is 17.4 Å². The molecule has 0 aliphatic carbocycles. The molecule has 26 heavy (non-hydrogen) atoms. The SMILES string of the molecule is CCCCC[C@](C)(OCC)C(=O)Nc1ccc(O[C@@H](C)CC)cc1C#N. The van der Waals surface area contributed by atoms with Gasteiger partial charge in [-0.1, -0.05) is 33.1 Å². The van der Waals surface area contributed by atoms with Gasteiger partial charge in [0.15, 0.2) is 0 Å². The zero-order chi connectivity index (χ0) is 19.6. The van der Waals surface area contributed by atoms with Crippen molar-refractivity contribution in [3.63, 3.8) is 0 Å². The monoisotopic (exact) mass is 360 g/mol. The zero-order valence-electron chi connectivity index (χ0n) is 16.7. The fourth-order valence-electron chi connectivity index (χ4n) is 2.65. The third kappa shape index (κ3) is 6.34. The van der Waals surface area contributed by atoms with E-state index in [9.17, 15) is 10.1 Å². The first-order chi connectivity index (χ1) is 12.4. The maximum Gasteiger partial charge on any atom is 0.256 e. The van der Waals surface area contributed by atoms with Crippen LogP contribution in [0.25, 0.3) is 0 Å². The van der Waals surface area contributed by atoms with Crippen molar-refractivity contribution in [2.45, 2.75) is 78.4 Å². The molecule has 1 N–H and O–H groups in total. The van der Waals surface area contributed by atoms with E-state index in [4.69, 9.17) is 9.47 Å². The second kappa shape index (κ2) is 10.8. The number of nitriles is 1. The third-order valence-electron chi connectivity index (χ3n) is 4.47. The molecule has 0 aromatic heterocycles. The fourth-order valence-corrected chi connectivity index (χ4v) is 2.65. The standard InChI is InChI=1S/C21H32N2O3/c1-6-9-10-13-21(5,25-8-3)20(24)23-19-12-11-18(14-17(19)15-22)26-16(4)7-2/h11-12,14,16H,6-10,13H2,1-5H3,(H,23,24)/t16-,21-/m0/s1. The molecular weight excluding hydrogens is 328 g/mol. The molecule has 0 aliphatic heterocycles. The number of carbonyl (C=O) groups excluding carboxylic acids is 1. The molecule has 1 aromatic carbocycles. The normalized spacial score (nSPS) is 14.2.